The quantitative estimate of drug-likeness (QED) is 0.388. The summed E-state index contributed by atoms with van der Waals surface area (Å²) in [6.45, 7) is 2.67. The molecule has 1 aliphatic carbocycles. The first-order valence-corrected chi connectivity index (χ1v) is 10.7. The molecule has 3 atom stereocenters. The number of nitrogens with one attached hydrogen (secondary N) is 1. The fourth-order valence-corrected chi connectivity index (χ4v) is 4.61. The summed E-state index contributed by atoms with van der Waals surface area (Å²) in [7, 11) is 0. The Hall–Kier alpha value is -3.33. The molecule has 3 aromatic carbocycles. The first-order chi connectivity index (χ1) is 14.8. The van der Waals surface area contributed by atoms with Crippen molar-refractivity contribution >= 4 is 17.6 Å². The molecule has 150 valence electrons. The standard InChI is InChI=1S/C27H26N2O/c1-2-30-22-16-10-19(11-17-22)18-28-21-14-12-20(13-15-21)27-25-8-5-7-23(25)24-6-3-4-9-26(24)29-27/h3-7,9-18,23,25,27,29H,2,8H2,1H3/t23-,25+,27+/m1/s1. The molecule has 0 saturated carbocycles. The van der Waals surface area contributed by atoms with E-state index >= 15 is 0 Å². The number of fused-ring (bicyclic) bond motifs is 3. The number of aliphatic imine (C=N–C) groups is 1. The minimum absolute atomic E-state index is 0.323. The molecule has 3 nitrogen and oxygen atoms in total. The fourth-order valence-electron chi connectivity index (χ4n) is 4.61. The van der Waals surface area contributed by atoms with Gasteiger partial charge in [-0.25, -0.2) is 0 Å². The van der Waals surface area contributed by atoms with Crippen molar-refractivity contribution in [3.05, 3.63) is 102 Å². The SMILES string of the molecule is CCOc1ccc(C=Nc2ccc([C@@H]3Nc4ccccc4[C@H]4C=CC[C@@H]43)cc2)cc1. The van der Waals surface area contributed by atoms with Crippen molar-refractivity contribution in [2.45, 2.75) is 25.3 Å². The molecular weight excluding hydrogens is 368 g/mol. The van der Waals surface area contributed by atoms with Crippen molar-refractivity contribution in [2.75, 3.05) is 11.9 Å². The van der Waals surface area contributed by atoms with Crippen LogP contribution in [-0.2, 0) is 0 Å². The van der Waals surface area contributed by atoms with Crippen molar-refractivity contribution in [2.24, 2.45) is 10.9 Å². The minimum atomic E-state index is 0.323. The van der Waals surface area contributed by atoms with Crippen molar-refractivity contribution in [1.29, 1.82) is 0 Å². The average Bonchev–Trinajstić information content (AvgIpc) is 3.29. The Morgan fingerprint density at radius 2 is 1.80 bits per heavy atom. The Labute approximate surface area is 178 Å². The van der Waals surface area contributed by atoms with Crippen LogP contribution in [0.25, 0.3) is 0 Å². The molecule has 0 saturated heterocycles. The number of nitrogens with zero attached hydrogens (tertiary/aromatic N) is 1. The van der Waals surface area contributed by atoms with Crippen LogP contribution < -0.4 is 10.1 Å². The normalized spacial score (nSPS) is 21.8. The van der Waals surface area contributed by atoms with E-state index in [1.54, 1.807) is 0 Å². The highest BCUT2D eigenvalue weighted by molar-refractivity contribution is 5.82. The van der Waals surface area contributed by atoms with E-state index in [4.69, 9.17) is 4.74 Å². The molecule has 0 aromatic heterocycles. The maximum atomic E-state index is 5.49. The van der Waals surface area contributed by atoms with Crippen LogP contribution >= 0.6 is 0 Å². The minimum Gasteiger partial charge on any atom is -0.494 e. The van der Waals surface area contributed by atoms with Crippen molar-refractivity contribution in [3.63, 3.8) is 0 Å². The topological polar surface area (TPSA) is 33.6 Å². The van der Waals surface area contributed by atoms with Crippen molar-refractivity contribution in [1.82, 2.24) is 0 Å². The summed E-state index contributed by atoms with van der Waals surface area (Å²) in [6, 6.07) is 25.7. The van der Waals surface area contributed by atoms with Crippen molar-refractivity contribution in [3.8, 4) is 5.75 Å². The number of hydrogen-bond donors (Lipinski definition) is 1. The Morgan fingerprint density at radius 3 is 2.60 bits per heavy atom. The number of hydrogen-bond acceptors (Lipinski definition) is 3. The Kier molecular flexibility index (Phi) is 5.10. The van der Waals surface area contributed by atoms with Crippen molar-refractivity contribution < 1.29 is 4.74 Å². The van der Waals surface area contributed by atoms with Gasteiger partial charge >= 0.3 is 0 Å². The van der Waals surface area contributed by atoms with E-state index < -0.39 is 0 Å². The van der Waals surface area contributed by atoms with Crippen LogP contribution in [0.15, 0.2) is 89.9 Å². The van der Waals surface area contributed by atoms with E-state index in [1.165, 1.54) is 16.8 Å². The number of anilines is 1. The largest absolute Gasteiger partial charge is 0.494 e. The number of ether oxygens (including phenoxy) is 1. The third-order valence-electron chi connectivity index (χ3n) is 6.08. The molecule has 0 unspecified atom stereocenters. The van der Waals surface area contributed by atoms with Gasteiger partial charge in [-0.3, -0.25) is 4.99 Å². The summed E-state index contributed by atoms with van der Waals surface area (Å²) in [5.74, 6) is 1.96. The van der Waals surface area contributed by atoms with Gasteiger partial charge < -0.3 is 10.1 Å². The highest BCUT2D eigenvalue weighted by Gasteiger charge is 2.37. The lowest BCUT2D eigenvalue weighted by molar-refractivity contribution is 0.340. The molecule has 1 aliphatic heterocycles. The second kappa shape index (κ2) is 8.19. The predicted octanol–water partition coefficient (Wildman–Crippen LogP) is 6.66. The van der Waals surface area contributed by atoms with E-state index in [2.05, 4.69) is 71.0 Å². The average molecular weight is 395 g/mol. The number of benzene rings is 3. The zero-order valence-corrected chi connectivity index (χ0v) is 17.2. The van der Waals surface area contributed by atoms with Crippen LogP contribution in [-0.4, -0.2) is 12.8 Å². The molecule has 0 spiro atoms. The van der Waals surface area contributed by atoms with E-state index in [1.807, 2.05) is 37.4 Å². The summed E-state index contributed by atoms with van der Waals surface area (Å²) in [4.78, 5) is 4.64. The fraction of sp³-hybridized carbons (Fsp3) is 0.222. The summed E-state index contributed by atoms with van der Waals surface area (Å²) in [5.41, 5.74) is 6.03. The third-order valence-corrected chi connectivity index (χ3v) is 6.08. The molecular formula is C27H26N2O. The molecule has 1 heterocycles. The van der Waals surface area contributed by atoms with Gasteiger partial charge in [0.25, 0.3) is 0 Å². The number of rotatable bonds is 5. The molecule has 0 amide bonds. The molecule has 1 N–H and O–H groups in total. The summed E-state index contributed by atoms with van der Waals surface area (Å²) in [5, 5.41) is 3.79. The third kappa shape index (κ3) is 3.63. The number of para-hydroxylation sites is 1. The van der Waals surface area contributed by atoms with Crippen LogP contribution in [0.4, 0.5) is 11.4 Å². The highest BCUT2D eigenvalue weighted by Crippen LogP contribution is 2.49. The Balaban J connectivity index is 1.33. The second-order valence-electron chi connectivity index (χ2n) is 7.91. The first-order valence-electron chi connectivity index (χ1n) is 10.7. The van der Waals surface area contributed by atoms with Gasteiger partial charge in [0, 0.05) is 17.8 Å². The maximum absolute atomic E-state index is 5.49. The molecule has 0 radical (unpaired) electrons. The zero-order valence-electron chi connectivity index (χ0n) is 17.2. The lowest BCUT2D eigenvalue weighted by atomic mass is 9.77. The van der Waals surface area contributed by atoms with Gasteiger partial charge in [-0.1, -0.05) is 42.5 Å². The molecule has 5 rings (SSSR count). The van der Waals surface area contributed by atoms with Gasteiger partial charge in [0.2, 0.25) is 0 Å². The smallest absolute Gasteiger partial charge is 0.119 e. The van der Waals surface area contributed by atoms with E-state index in [-0.39, 0.29) is 0 Å². The molecule has 30 heavy (non-hydrogen) atoms. The summed E-state index contributed by atoms with van der Waals surface area (Å²) in [6.07, 6.45) is 7.74. The first kappa shape index (κ1) is 18.7. The maximum Gasteiger partial charge on any atom is 0.119 e. The van der Waals surface area contributed by atoms with Gasteiger partial charge in [0.15, 0.2) is 0 Å². The predicted molar refractivity (Wildman–Crippen MR) is 124 cm³/mol. The lowest BCUT2D eigenvalue weighted by Crippen LogP contribution is -2.28. The van der Waals surface area contributed by atoms with E-state index in [9.17, 15) is 0 Å². The van der Waals surface area contributed by atoms with Gasteiger partial charge in [-0.15, -0.1) is 0 Å². The van der Waals surface area contributed by atoms with E-state index in [0.717, 1.165) is 23.4 Å². The zero-order chi connectivity index (χ0) is 20.3. The number of allylic oxidation sites excluding steroid dienone is 2. The van der Waals surface area contributed by atoms with Crippen LogP contribution in [0.2, 0.25) is 0 Å². The van der Waals surface area contributed by atoms with Crippen LogP contribution in [0.3, 0.4) is 0 Å². The van der Waals surface area contributed by atoms with Gasteiger partial charge in [-0.2, -0.15) is 0 Å². The van der Waals surface area contributed by atoms with Crippen LogP contribution in [0, 0.1) is 5.92 Å². The summed E-state index contributed by atoms with van der Waals surface area (Å²) < 4.78 is 5.49. The van der Waals surface area contributed by atoms with Gasteiger partial charge in [-0.05, 0) is 78.4 Å². The van der Waals surface area contributed by atoms with E-state index in [0.29, 0.717) is 24.5 Å². The van der Waals surface area contributed by atoms with Gasteiger partial charge in [0.05, 0.1) is 18.3 Å². The van der Waals surface area contributed by atoms with Crippen LogP contribution in [0.1, 0.15) is 42.0 Å². The second-order valence-corrected chi connectivity index (χ2v) is 7.91. The van der Waals surface area contributed by atoms with Gasteiger partial charge in [0.1, 0.15) is 5.75 Å². The Bertz CT molecular complexity index is 1070. The highest BCUT2D eigenvalue weighted by atomic mass is 16.5. The molecule has 0 fully saturated rings. The molecule has 2 aliphatic rings. The van der Waals surface area contributed by atoms with Crippen LogP contribution in [0.5, 0.6) is 5.75 Å². The Morgan fingerprint density at radius 1 is 1.00 bits per heavy atom. The lowest BCUT2D eigenvalue weighted by Gasteiger charge is -2.37. The molecule has 3 heteroatoms. The molecule has 3 aromatic rings. The molecule has 0 bridgehead atoms. The monoisotopic (exact) mass is 394 g/mol. The summed E-state index contributed by atoms with van der Waals surface area (Å²) >= 11 is 0.